The van der Waals surface area contributed by atoms with E-state index in [0.717, 1.165) is 10.3 Å². The van der Waals surface area contributed by atoms with E-state index >= 15 is 0 Å². The summed E-state index contributed by atoms with van der Waals surface area (Å²) in [7, 11) is 0. The predicted octanol–water partition coefficient (Wildman–Crippen LogP) is 6.28. The number of aryl methyl sites for hydroxylation is 1. The molecule has 0 unspecified atom stereocenters. The molecule has 1 aliphatic heterocycles. The molecular formula is C27H21ClN2O4S. The van der Waals surface area contributed by atoms with Gasteiger partial charge in [-0.2, -0.15) is 0 Å². The Labute approximate surface area is 211 Å². The number of amides is 1. The van der Waals surface area contributed by atoms with Crippen molar-refractivity contribution in [2.45, 2.75) is 19.9 Å². The Morgan fingerprint density at radius 2 is 1.80 bits per heavy atom. The van der Waals surface area contributed by atoms with Crippen LogP contribution in [0.1, 0.15) is 29.7 Å². The molecule has 0 radical (unpaired) electrons. The lowest BCUT2D eigenvalue weighted by Gasteiger charge is -2.23. The SMILES string of the molecule is CCOc1ccc2nc(N3C(=O)C(=O)/C(=C(/O)c4ccc(C)cc4)[C@@H]3c3ccc(Cl)cc3)sc2c1. The van der Waals surface area contributed by atoms with Crippen molar-refractivity contribution in [1.82, 2.24) is 4.98 Å². The highest BCUT2D eigenvalue weighted by atomic mass is 35.5. The molecule has 1 N–H and O–H groups in total. The normalized spacial score (nSPS) is 17.3. The Bertz CT molecular complexity index is 1480. The number of hydrogen-bond acceptors (Lipinski definition) is 6. The molecule has 176 valence electrons. The Kier molecular flexibility index (Phi) is 6.05. The van der Waals surface area contributed by atoms with E-state index in [0.29, 0.717) is 39.2 Å². The minimum atomic E-state index is -0.861. The first-order chi connectivity index (χ1) is 16.9. The second-order valence-electron chi connectivity index (χ2n) is 8.15. The van der Waals surface area contributed by atoms with E-state index in [-0.39, 0.29) is 11.3 Å². The number of aliphatic hydroxyl groups excluding tert-OH is 1. The summed E-state index contributed by atoms with van der Waals surface area (Å²) in [5.74, 6) is -1.04. The van der Waals surface area contributed by atoms with Gasteiger partial charge in [-0.25, -0.2) is 4.98 Å². The van der Waals surface area contributed by atoms with Crippen molar-refractivity contribution in [3.05, 3.63) is 94.0 Å². The van der Waals surface area contributed by atoms with Crippen LogP contribution in [0.25, 0.3) is 16.0 Å². The van der Waals surface area contributed by atoms with Crippen LogP contribution in [0.15, 0.2) is 72.3 Å². The second kappa shape index (κ2) is 9.17. The molecule has 0 saturated carbocycles. The third-order valence-corrected chi connectivity index (χ3v) is 7.09. The van der Waals surface area contributed by atoms with Crippen molar-refractivity contribution in [2.75, 3.05) is 11.5 Å². The van der Waals surface area contributed by atoms with Crippen LogP contribution in [0, 0.1) is 6.92 Å². The van der Waals surface area contributed by atoms with E-state index in [1.807, 2.05) is 44.2 Å². The number of carbonyl (C=O) groups is 2. The quantitative estimate of drug-likeness (QED) is 0.196. The van der Waals surface area contributed by atoms with E-state index in [4.69, 9.17) is 16.3 Å². The average Bonchev–Trinajstić information content (AvgIpc) is 3.38. The van der Waals surface area contributed by atoms with Gasteiger partial charge in [-0.3, -0.25) is 14.5 Å². The largest absolute Gasteiger partial charge is 0.507 e. The number of fused-ring (bicyclic) bond motifs is 1. The highest BCUT2D eigenvalue weighted by molar-refractivity contribution is 7.22. The molecule has 2 heterocycles. The molecule has 3 aromatic carbocycles. The maximum absolute atomic E-state index is 13.3. The van der Waals surface area contributed by atoms with Crippen LogP contribution in [0.2, 0.25) is 5.02 Å². The van der Waals surface area contributed by atoms with Crippen LogP contribution in [0.4, 0.5) is 5.13 Å². The van der Waals surface area contributed by atoms with Crippen LogP contribution in [-0.4, -0.2) is 28.4 Å². The molecule has 1 aliphatic rings. The number of rotatable bonds is 5. The number of Topliss-reactive ketones (excluding diaryl/α,β-unsaturated/α-hetero) is 1. The Balaban J connectivity index is 1.69. The highest BCUT2D eigenvalue weighted by Gasteiger charge is 2.48. The Hall–Kier alpha value is -3.68. The first-order valence-electron chi connectivity index (χ1n) is 11.0. The Morgan fingerprint density at radius 1 is 1.09 bits per heavy atom. The lowest BCUT2D eigenvalue weighted by atomic mass is 9.95. The van der Waals surface area contributed by atoms with Gasteiger partial charge in [-0.1, -0.05) is 64.9 Å². The number of ketones is 1. The first-order valence-corrected chi connectivity index (χ1v) is 12.2. The third kappa shape index (κ3) is 4.17. The van der Waals surface area contributed by atoms with Crippen molar-refractivity contribution < 1.29 is 19.4 Å². The van der Waals surface area contributed by atoms with E-state index < -0.39 is 17.7 Å². The van der Waals surface area contributed by atoms with Crippen LogP contribution in [-0.2, 0) is 9.59 Å². The molecular weight excluding hydrogens is 484 g/mol. The molecule has 1 atom stereocenters. The van der Waals surface area contributed by atoms with Crippen LogP contribution < -0.4 is 9.64 Å². The number of halogens is 1. The lowest BCUT2D eigenvalue weighted by molar-refractivity contribution is -0.132. The summed E-state index contributed by atoms with van der Waals surface area (Å²) in [5, 5.41) is 12.1. The summed E-state index contributed by atoms with van der Waals surface area (Å²) in [6, 6.07) is 18.6. The van der Waals surface area contributed by atoms with E-state index in [1.54, 1.807) is 36.4 Å². The van der Waals surface area contributed by atoms with Crippen LogP contribution in [0.5, 0.6) is 5.75 Å². The predicted molar refractivity (Wildman–Crippen MR) is 138 cm³/mol. The number of aromatic nitrogens is 1. The van der Waals surface area contributed by atoms with Crippen LogP contribution >= 0.6 is 22.9 Å². The van der Waals surface area contributed by atoms with Gasteiger partial charge in [0.2, 0.25) is 0 Å². The topological polar surface area (TPSA) is 79.7 Å². The van der Waals surface area contributed by atoms with Crippen molar-refractivity contribution >= 4 is 55.7 Å². The number of thiazole rings is 1. The van der Waals surface area contributed by atoms with Gasteiger partial charge >= 0.3 is 5.91 Å². The molecule has 1 amide bonds. The smallest absolute Gasteiger partial charge is 0.301 e. The maximum atomic E-state index is 13.3. The van der Waals surface area contributed by atoms with Crippen molar-refractivity contribution in [3.63, 3.8) is 0 Å². The average molecular weight is 505 g/mol. The van der Waals surface area contributed by atoms with Gasteiger partial charge in [0.05, 0.1) is 28.4 Å². The van der Waals surface area contributed by atoms with Gasteiger partial charge in [0.1, 0.15) is 11.5 Å². The number of carbonyl (C=O) groups excluding carboxylic acids is 2. The van der Waals surface area contributed by atoms with Gasteiger partial charge in [0.15, 0.2) is 5.13 Å². The van der Waals surface area contributed by atoms with Gasteiger partial charge < -0.3 is 9.84 Å². The molecule has 0 spiro atoms. The Morgan fingerprint density at radius 3 is 2.49 bits per heavy atom. The summed E-state index contributed by atoms with van der Waals surface area (Å²) in [6.07, 6.45) is 0. The minimum absolute atomic E-state index is 0.00966. The van der Waals surface area contributed by atoms with Crippen molar-refractivity contribution in [1.29, 1.82) is 0 Å². The zero-order valence-electron chi connectivity index (χ0n) is 19.0. The fourth-order valence-corrected chi connectivity index (χ4v) is 5.26. The molecule has 5 rings (SSSR count). The van der Waals surface area contributed by atoms with Gasteiger partial charge in [-0.05, 0) is 49.7 Å². The molecule has 0 bridgehead atoms. The summed E-state index contributed by atoms with van der Waals surface area (Å²) < 4.78 is 6.41. The van der Waals surface area contributed by atoms with E-state index in [9.17, 15) is 14.7 Å². The molecule has 1 aromatic heterocycles. The zero-order valence-corrected chi connectivity index (χ0v) is 20.6. The second-order valence-corrected chi connectivity index (χ2v) is 9.59. The number of benzene rings is 3. The van der Waals surface area contributed by atoms with Gasteiger partial charge in [0.25, 0.3) is 5.78 Å². The maximum Gasteiger partial charge on any atom is 0.301 e. The van der Waals surface area contributed by atoms with Gasteiger partial charge in [-0.15, -0.1) is 0 Å². The number of nitrogens with zero attached hydrogens (tertiary/aromatic N) is 2. The number of aliphatic hydroxyl groups is 1. The molecule has 8 heteroatoms. The standard InChI is InChI=1S/C27H21ClN2O4S/c1-3-34-19-12-13-20-21(14-19)35-27(29-20)30-23(16-8-10-18(28)11-9-16)22(25(32)26(30)33)24(31)17-6-4-15(2)5-7-17/h4-14,23,31H,3H2,1-2H3/b24-22+/t23-/m0/s1. The van der Waals surface area contributed by atoms with Crippen LogP contribution in [0.3, 0.4) is 0 Å². The number of ether oxygens (including phenoxy) is 1. The monoisotopic (exact) mass is 504 g/mol. The molecule has 35 heavy (non-hydrogen) atoms. The molecule has 4 aromatic rings. The number of anilines is 1. The van der Waals surface area contributed by atoms with Crippen molar-refractivity contribution in [2.24, 2.45) is 0 Å². The lowest BCUT2D eigenvalue weighted by Crippen LogP contribution is -2.29. The first kappa shape index (κ1) is 23.1. The summed E-state index contributed by atoms with van der Waals surface area (Å²) in [6.45, 7) is 4.36. The number of hydrogen-bond donors (Lipinski definition) is 1. The molecule has 1 saturated heterocycles. The summed E-state index contributed by atoms with van der Waals surface area (Å²) in [5.41, 5.74) is 2.80. The third-order valence-electron chi connectivity index (χ3n) is 5.82. The fourth-order valence-electron chi connectivity index (χ4n) is 4.11. The molecule has 1 fully saturated rings. The van der Waals surface area contributed by atoms with Crippen molar-refractivity contribution in [3.8, 4) is 5.75 Å². The minimum Gasteiger partial charge on any atom is -0.507 e. The summed E-state index contributed by atoms with van der Waals surface area (Å²) in [4.78, 5) is 32.6. The molecule has 6 nitrogen and oxygen atoms in total. The van der Waals surface area contributed by atoms with Gasteiger partial charge in [0, 0.05) is 10.6 Å². The highest BCUT2D eigenvalue weighted by Crippen LogP contribution is 2.44. The van der Waals surface area contributed by atoms with E-state index in [1.165, 1.54) is 16.2 Å². The molecule has 0 aliphatic carbocycles. The van der Waals surface area contributed by atoms with E-state index in [2.05, 4.69) is 4.98 Å². The summed E-state index contributed by atoms with van der Waals surface area (Å²) >= 11 is 7.39. The zero-order chi connectivity index (χ0) is 24.7. The fraction of sp³-hybridized carbons (Fsp3) is 0.148.